The Morgan fingerprint density at radius 2 is 1.83 bits per heavy atom. The predicted octanol–water partition coefficient (Wildman–Crippen LogP) is 3.13. The summed E-state index contributed by atoms with van der Waals surface area (Å²) in [6.45, 7) is 0.0285. The predicted molar refractivity (Wildman–Crippen MR) is 106 cm³/mol. The van der Waals surface area contributed by atoms with Crippen LogP contribution >= 0.6 is 11.6 Å². The molecule has 0 fully saturated rings. The molecule has 1 amide bonds. The molecule has 1 heterocycles. The second kappa shape index (κ2) is 9.70. The van der Waals surface area contributed by atoms with Crippen molar-refractivity contribution in [1.29, 1.82) is 0 Å². The normalized spacial score (nSPS) is 10.4. The summed E-state index contributed by atoms with van der Waals surface area (Å²) in [4.78, 5) is 31.3. The minimum Gasteiger partial charge on any atom is -0.484 e. The number of carbonyl (C=O) groups is 2. The van der Waals surface area contributed by atoms with Gasteiger partial charge in [-0.2, -0.15) is 0 Å². The fraction of sp³-hybridized carbons (Fsp3) is 0.200. The zero-order valence-corrected chi connectivity index (χ0v) is 16.3. The Kier molecular flexibility index (Phi) is 6.80. The summed E-state index contributed by atoms with van der Waals surface area (Å²) >= 11 is 5.94. The van der Waals surface area contributed by atoms with Gasteiger partial charge >= 0.3 is 5.97 Å². The van der Waals surface area contributed by atoms with Gasteiger partial charge in [-0.15, -0.1) is 0 Å². The van der Waals surface area contributed by atoms with Crippen LogP contribution in [0.15, 0.2) is 48.7 Å². The maximum absolute atomic E-state index is 11.7. The Bertz CT molecular complexity index is 1010. The zero-order valence-electron chi connectivity index (χ0n) is 15.6. The lowest BCUT2D eigenvalue weighted by molar-refractivity contribution is -0.140. The van der Waals surface area contributed by atoms with Crippen molar-refractivity contribution in [2.75, 3.05) is 20.3 Å². The number of aromatic nitrogens is 2. The van der Waals surface area contributed by atoms with Crippen molar-refractivity contribution in [3.05, 3.63) is 53.7 Å². The molecule has 0 bridgehead atoms. The third-order valence-corrected chi connectivity index (χ3v) is 4.01. The van der Waals surface area contributed by atoms with Crippen LogP contribution in [-0.4, -0.2) is 42.1 Å². The highest BCUT2D eigenvalue weighted by Gasteiger charge is 2.06. The minimum atomic E-state index is -0.387. The molecule has 1 aromatic heterocycles. The number of rotatable bonds is 8. The highest BCUT2D eigenvalue weighted by Crippen LogP contribution is 2.24. The van der Waals surface area contributed by atoms with Gasteiger partial charge in [0.15, 0.2) is 6.61 Å². The Morgan fingerprint density at radius 1 is 1.07 bits per heavy atom. The molecule has 0 atom stereocenters. The molecular weight excluding hydrogens is 398 g/mol. The first-order chi connectivity index (χ1) is 14.0. The second-order valence-electron chi connectivity index (χ2n) is 5.88. The fourth-order valence-electron chi connectivity index (χ4n) is 2.35. The van der Waals surface area contributed by atoms with Crippen molar-refractivity contribution in [1.82, 2.24) is 15.3 Å². The first-order valence-corrected chi connectivity index (χ1v) is 9.08. The summed E-state index contributed by atoms with van der Waals surface area (Å²) in [5.41, 5.74) is 1.35. The van der Waals surface area contributed by atoms with Crippen LogP contribution < -0.4 is 14.8 Å². The van der Waals surface area contributed by atoms with Crippen molar-refractivity contribution in [3.63, 3.8) is 0 Å². The molecule has 0 spiro atoms. The molecule has 2 aromatic carbocycles. The molecule has 0 unspecified atom stereocenters. The Morgan fingerprint density at radius 3 is 2.59 bits per heavy atom. The van der Waals surface area contributed by atoms with Gasteiger partial charge in [-0.1, -0.05) is 11.6 Å². The lowest BCUT2D eigenvalue weighted by Crippen LogP contribution is -2.30. The average Bonchev–Trinajstić information content (AvgIpc) is 2.73. The van der Waals surface area contributed by atoms with Gasteiger partial charge in [0, 0.05) is 11.6 Å². The SMILES string of the molecule is COC(=O)CCNC(=O)COc1ccc(Oc2cnc3cc(Cl)ccc3n2)cc1. The van der Waals surface area contributed by atoms with Crippen molar-refractivity contribution in [2.24, 2.45) is 0 Å². The summed E-state index contributed by atoms with van der Waals surface area (Å²) in [6, 6.07) is 12.0. The largest absolute Gasteiger partial charge is 0.484 e. The second-order valence-corrected chi connectivity index (χ2v) is 6.32. The third kappa shape index (κ3) is 6.05. The van der Waals surface area contributed by atoms with Gasteiger partial charge < -0.3 is 19.5 Å². The Hall–Kier alpha value is -3.39. The number of benzene rings is 2. The molecule has 0 saturated carbocycles. The summed E-state index contributed by atoms with van der Waals surface area (Å²) in [5.74, 6) is 0.670. The molecule has 8 nitrogen and oxygen atoms in total. The van der Waals surface area contributed by atoms with Gasteiger partial charge in [0.25, 0.3) is 5.91 Å². The molecule has 0 saturated heterocycles. The minimum absolute atomic E-state index is 0.110. The molecule has 1 N–H and O–H groups in total. The topological polar surface area (TPSA) is 99.6 Å². The number of hydrogen-bond acceptors (Lipinski definition) is 7. The van der Waals surface area contributed by atoms with E-state index in [2.05, 4.69) is 20.0 Å². The quantitative estimate of drug-likeness (QED) is 0.564. The molecule has 9 heteroatoms. The van der Waals surface area contributed by atoms with E-state index < -0.39 is 0 Å². The lowest BCUT2D eigenvalue weighted by Gasteiger charge is -2.09. The third-order valence-electron chi connectivity index (χ3n) is 3.78. The lowest BCUT2D eigenvalue weighted by atomic mass is 10.3. The van der Waals surface area contributed by atoms with E-state index in [4.69, 9.17) is 21.1 Å². The van der Waals surface area contributed by atoms with Crippen LogP contribution in [0.2, 0.25) is 5.02 Å². The number of amides is 1. The smallest absolute Gasteiger partial charge is 0.307 e. The molecule has 0 radical (unpaired) electrons. The Balaban J connectivity index is 1.50. The van der Waals surface area contributed by atoms with Crippen molar-refractivity contribution >= 4 is 34.5 Å². The van der Waals surface area contributed by atoms with Crippen LogP contribution in [0.1, 0.15) is 6.42 Å². The summed E-state index contributed by atoms with van der Waals surface area (Å²) in [7, 11) is 1.29. The number of fused-ring (bicyclic) bond motifs is 1. The maximum Gasteiger partial charge on any atom is 0.307 e. The van der Waals surface area contributed by atoms with E-state index in [-0.39, 0.29) is 31.4 Å². The number of hydrogen-bond donors (Lipinski definition) is 1. The van der Waals surface area contributed by atoms with Crippen LogP contribution in [0, 0.1) is 0 Å². The fourth-order valence-corrected chi connectivity index (χ4v) is 2.51. The van der Waals surface area contributed by atoms with E-state index in [0.717, 1.165) is 0 Å². The van der Waals surface area contributed by atoms with Gasteiger partial charge in [-0.05, 0) is 42.5 Å². The number of nitrogens with zero attached hydrogens (tertiary/aromatic N) is 2. The molecule has 29 heavy (non-hydrogen) atoms. The molecule has 3 rings (SSSR count). The molecule has 0 aliphatic rings. The number of halogens is 1. The highest BCUT2D eigenvalue weighted by molar-refractivity contribution is 6.31. The maximum atomic E-state index is 11.7. The van der Waals surface area contributed by atoms with Crippen molar-refractivity contribution in [3.8, 4) is 17.4 Å². The first kappa shape index (κ1) is 20.3. The van der Waals surface area contributed by atoms with Gasteiger partial charge in [-0.25, -0.2) is 9.97 Å². The van der Waals surface area contributed by atoms with Gasteiger partial charge in [-0.3, -0.25) is 9.59 Å². The van der Waals surface area contributed by atoms with Gasteiger partial charge in [0.2, 0.25) is 5.88 Å². The first-order valence-electron chi connectivity index (χ1n) is 8.70. The van der Waals surface area contributed by atoms with E-state index in [1.165, 1.54) is 13.3 Å². The van der Waals surface area contributed by atoms with Crippen LogP contribution in [0.4, 0.5) is 0 Å². The molecule has 150 valence electrons. The van der Waals surface area contributed by atoms with Gasteiger partial charge in [0.05, 0.1) is 30.8 Å². The summed E-state index contributed by atoms with van der Waals surface area (Å²) in [6.07, 6.45) is 1.63. The number of carbonyl (C=O) groups excluding carboxylic acids is 2. The van der Waals surface area contributed by atoms with Crippen LogP contribution in [0.3, 0.4) is 0 Å². The highest BCUT2D eigenvalue weighted by atomic mass is 35.5. The summed E-state index contributed by atoms with van der Waals surface area (Å²) in [5, 5.41) is 3.16. The van der Waals surface area contributed by atoms with Gasteiger partial charge in [0.1, 0.15) is 11.5 Å². The average molecular weight is 416 g/mol. The van der Waals surface area contributed by atoms with E-state index in [0.29, 0.717) is 33.4 Å². The number of methoxy groups -OCH3 is 1. The molecule has 0 aliphatic carbocycles. The zero-order chi connectivity index (χ0) is 20.6. The van der Waals surface area contributed by atoms with Crippen molar-refractivity contribution < 1.29 is 23.8 Å². The Labute approximate surface area is 171 Å². The standard InChI is InChI=1S/C20H18ClN3O5/c1-27-20(26)8-9-22-18(25)12-28-14-3-5-15(6-4-14)29-19-11-23-17-10-13(21)2-7-16(17)24-19/h2-7,10-11H,8-9,12H2,1H3,(H,22,25). The van der Waals surface area contributed by atoms with Crippen LogP contribution in [0.5, 0.6) is 17.4 Å². The number of nitrogens with one attached hydrogen (secondary N) is 1. The van der Waals surface area contributed by atoms with E-state index in [9.17, 15) is 9.59 Å². The van der Waals surface area contributed by atoms with Crippen molar-refractivity contribution in [2.45, 2.75) is 6.42 Å². The monoisotopic (exact) mass is 415 g/mol. The van der Waals surface area contributed by atoms with E-state index in [1.54, 1.807) is 42.5 Å². The molecular formula is C20H18ClN3O5. The van der Waals surface area contributed by atoms with Crippen LogP contribution in [-0.2, 0) is 14.3 Å². The summed E-state index contributed by atoms with van der Waals surface area (Å²) < 4.78 is 15.6. The molecule has 3 aromatic rings. The van der Waals surface area contributed by atoms with Crippen LogP contribution in [0.25, 0.3) is 11.0 Å². The molecule has 0 aliphatic heterocycles. The number of ether oxygens (including phenoxy) is 3. The van der Waals surface area contributed by atoms with E-state index >= 15 is 0 Å². The number of esters is 1. The van der Waals surface area contributed by atoms with E-state index in [1.807, 2.05) is 0 Å².